The highest BCUT2D eigenvalue weighted by molar-refractivity contribution is 5.56. The molecule has 0 aromatic carbocycles. The summed E-state index contributed by atoms with van der Waals surface area (Å²) in [5, 5.41) is 9.07. The van der Waals surface area contributed by atoms with E-state index in [1.165, 1.54) is 0 Å². The van der Waals surface area contributed by atoms with Crippen molar-refractivity contribution in [2.24, 2.45) is 5.41 Å². The SMILES string of the molecule is COCC(C)(C)C(O)C=O. The molecule has 10 heavy (non-hydrogen) atoms. The first-order valence-corrected chi connectivity index (χ1v) is 3.17. The Kier molecular flexibility index (Phi) is 3.53. The maximum Gasteiger partial charge on any atom is 0.149 e. The molecule has 0 bridgehead atoms. The normalized spacial score (nSPS) is 14.8. The zero-order chi connectivity index (χ0) is 8.20. The fraction of sp³-hybridized carbons (Fsp3) is 0.857. The van der Waals surface area contributed by atoms with Crippen LogP contribution in [0, 0.1) is 5.41 Å². The highest BCUT2D eigenvalue weighted by Crippen LogP contribution is 2.18. The van der Waals surface area contributed by atoms with Gasteiger partial charge in [-0.2, -0.15) is 0 Å². The van der Waals surface area contributed by atoms with Gasteiger partial charge in [0, 0.05) is 12.5 Å². The van der Waals surface area contributed by atoms with Crippen molar-refractivity contribution in [1.82, 2.24) is 0 Å². The molecule has 0 aliphatic heterocycles. The number of carbonyl (C=O) groups excluding carboxylic acids is 1. The van der Waals surface area contributed by atoms with Crippen LogP contribution in [0.2, 0.25) is 0 Å². The van der Waals surface area contributed by atoms with Crippen LogP contribution in [0.15, 0.2) is 0 Å². The summed E-state index contributed by atoms with van der Waals surface area (Å²) in [4.78, 5) is 10.1. The Bertz CT molecular complexity index is 109. The van der Waals surface area contributed by atoms with Gasteiger partial charge >= 0.3 is 0 Å². The highest BCUT2D eigenvalue weighted by atomic mass is 16.5. The zero-order valence-electron chi connectivity index (χ0n) is 6.63. The third-order valence-corrected chi connectivity index (χ3v) is 1.45. The minimum absolute atomic E-state index is 0.382. The summed E-state index contributed by atoms with van der Waals surface area (Å²) in [6.07, 6.45) is -0.411. The molecule has 0 rings (SSSR count). The van der Waals surface area contributed by atoms with E-state index in [2.05, 4.69) is 0 Å². The lowest BCUT2D eigenvalue weighted by Crippen LogP contribution is -2.34. The van der Waals surface area contributed by atoms with Gasteiger partial charge in [0.2, 0.25) is 0 Å². The van der Waals surface area contributed by atoms with Gasteiger partial charge in [-0.15, -0.1) is 0 Å². The molecule has 0 saturated heterocycles. The van der Waals surface area contributed by atoms with Gasteiger partial charge in [-0.25, -0.2) is 0 Å². The molecule has 0 fully saturated rings. The van der Waals surface area contributed by atoms with Crippen LogP contribution in [0.4, 0.5) is 0 Å². The molecule has 0 radical (unpaired) electrons. The van der Waals surface area contributed by atoms with E-state index < -0.39 is 11.5 Å². The van der Waals surface area contributed by atoms with E-state index in [4.69, 9.17) is 9.84 Å². The Labute approximate surface area is 61.0 Å². The van der Waals surface area contributed by atoms with Crippen molar-refractivity contribution in [1.29, 1.82) is 0 Å². The van der Waals surface area contributed by atoms with Crippen molar-refractivity contribution < 1.29 is 14.6 Å². The lowest BCUT2D eigenvalue weighted by atomic mass is 9.88. The molecule has 0 spiro atoms. The Hall–Kier alpha value is -0.410. The summed E-state index contributed by atoms with van der Waals surface area (Å²) in [7, 11) is 1.54. The maximum atomic E-state index is 10.1. The number of aliphatic hydroxyl groups excluding tert-OH is 1. The molecule has 3 nitrogen and oxygen atoms in total. The van der Waals surface area contributed by atoms with Crippen LogP contribution in [0.3, 0.4) is 0 Å². The second-order valence-electron chi connectivity index (χ2n) is 3.00. The molecule has 0 amide bonds. The van der Waals surface area contributed by atoms with Crippen molar-refractivity contribution in [2.75, 3.05) is 13.7 Å². The summed E-state index contributed by atoms with van der Waals surface area (Å²) in [6.45, 7) is 3.93. The number of ether oxygens (including phenoxy) is 1. The van der Waals surface area contributed by atoms with Gasteiger partial charge in [-0.05, 0) is 0 Å². The minimum Gasteiger partial charge on any atom is -0.385 e. The minimum atomic E-state index is -0.938. The molecule has 0 aliphatic carbocycles. The van der Waals surface area contributed by atoms with Crippen LogP contribution >= 0.6 is 0 Å². The number of aldehydes is 1. The van der Waals surface area contributed by atoms with Crippen molar-refractivity contribution in [2.45, 2.75) is 20.0 Å². The van der Waals surface area contributed by atoms with Gasteiger partial charge in [0.25, 0.3) is 0 Å². The number of hydrogen-bond acceptors (Lipinski definition) is 3. The molecule has 1 unspecified atom stereocenters. The molecule has 1 N–H and O–H groups in total. The summed E-state index contributed by atoms with van der Waals surface area (Å²) >= 11 is 0. The van der Waals surface area contributed by atoms with Crippen molar-refractivity contribution >= 4 is 6.29 Å². The molecule has 3 heteroatoms. The van der Waals surface area contributed by atoms with E-state index in [9.17, 15) is 4.79 Å². The van der Waals surface area contributed by atoms with Crippen LogP contribution in [0.25, 0.3) is 0 Å². The lowest BCUT2D eigenvalue weighted by Gasteiger charge is -2.25. The second kappa shape index (κ2) is 3.68. The van der Waals surface area contributed by atoms with Crippen LogP contribution < -0.4 is 0 Å². The molecule has 1 atom stereocenters. The average Bonchev–Trinajstić information content (AvgIpc) is 1.86. The van der Waals surface area contributed by atoms with E-state index >= 15 is 0 Å². The zero-order valence-corrected chi connectivity index (χ0v) is 6.63. The van der Waals surface area contributed by atoms with E-state index in [0.717, 1.165) is 0 Å². The fourth-order valence-corrected chi connectivity index (χ4v) is 0.642. The van der Waals surface area contributed by atoms with Gasteiger partial charge in [0.05, 0.1) is 6.61 Å². The Balaban J connectivity index is 3.94. The quantitative estimate of drug-likeness (QED) is 0.577. The monoisotopic (exact) mass is 146 g/mol. The standard InChI is InChI=1S/C7H14O3/c1-7(2,5-10-3)6(9)4-8/h4,6,9H,5H2,1-3H3. The van der Waals surface area contributed by atoms with Crippen LogP contribution in [-0.4, -0.2) is 31.2 Å². The lowest BCUT2D eigenvalue weighted by molar-refractivity contribution is -0.122. The largest absolute Gasteiger partial charge is 0.385 e. The molecular formula is C7H14O3. The van der Waals surface area contributed by atoms with Gasteiger partial charge in [0.1, 0.15) is 12.4 Å². The Morgan fingerprint density at radius 3 is 2.50 bits per heavy atom. The van der Waals surface area contributed by atoms with E-state index in [1.54, 1.807) is 21.0 Å². The number of carbonyl (C=O) groups is 1. The van der Waals surface area contributed by atoms with Crippen LogP contribution in [-0.2, 0) is 9.53 Å². The van der Waals surface area contributed by atoms with E-state index in [1.807, 2.05) is 0 Å². The first-order valence-electron chi connectivity index (χ1n) is 3.17. The summed E-state index contributed by atoms with van der Waals surface area (Å²) in [5.41, 5.74) is -0.476. The molecule has 0 aromatic heterocycles. The molecule has 0 aromatic rings. The maximum absolute atomic E-state index is 10.1. The predicted octanol–water partition coefficient (Wildman–Crippen LogP) is 0.219. The van der Waals surface area contributed by atoms with Crippen LogP contribution in [0.1, 0.15) is 13.8 Å². The van der Waals surface area contributed by atoms with Gasteiger partial charge in [0.15, 0.2) is 0 Å². The van der Waals surface area contributed by atoms with Crippen molar-refractivity contribution in [3.05, 3.63) is 0 Å². The number of rotatable bonds is 4. The van der Waals surface area contributed by atoms with E-state index in [0.29, 0.717) is 12.9 Å². The highest BCUT2D eigenvalue weighted by Gasteiger charge is 2.26. The van der Waals surface area contributed by atoms with Gasteiger partial charge in [-0.3, -0.25) is 0 Å². The topological polar surface area (TPSA) is 46.5 Å². The number of methoxy groups -OCH3 is 1. The van der Waals surface area contributed by atoms with E-state index in [-0.39, 0.29) is 0 Å². The summed E-state index contributed by atoms with van der Waals surface area (Å²) < 4.78 is 4.81. The van der Waals surface area contributed by atoms with Crippen molar-refractivity contribution in [3.63, 3.8) is 0 Å². The smallest absolute Gasteiger partial charge is 0.149 e. The number of aliphatic hydroxyl groups is 1. The fourth-order valence-electron chi connectivity index (χ4n) is 0.642. The average molecular weight is 146 g/mol. The predicted molar refractivity (Wildman–Crippen MR) is 37.7 cm³/mol. The van der Waals surface area contributed by atoms with Gasteiger partial charge in [-0.1, -0.05) is 13.8 Å². The second-order valence-corrected chi connectivity index (χ2v) is 3.00. The molecule has 60 valence electrons. The Morgan fingerprint density at radius 2 is 2.20 bits per heavy atom. The first-order chi connectivity index (χ1) is 4.54. The number of hydrogen-bond donors (Lipinski definition) is 1. The molecule has 0 saturated carbocycles. The summed E-state index contributed by atoms with van der Waals surface area (Å²) in [6, 6.07) is 0. The molecular weight excluding hydrogens is 132 g/mol. The molecule has 0 aliphatic rings. The van der Waals surface area contributed by atoms with Crippen molar-refractivity contribution in [3.8, 4) is 0 Å². The Morgan fingerprint density at radius 1 is 1.70 bits per heavy atom. The van der Waals surface area contributed by atoms with Gasteiger partial charge < -0.3 is 14.6 Å². The summed E-state index contributed by atoms with van der Waals surface area (Å²) in [5.74, 6) is 0. The first kappa shape index (κ1) is 9.59. The molecule has 0 heterocycles. The third kappa shape index (κ3) is 2.45. The third-order valence-electron chi connectivity index (χ3n) is 1.45. The van der Waals surface area contributed by atoms with Crippen LogP contribution in [0.5, 0.6) is 0 Å².